The van der Waals surface area contributed by atoms with Gasteiger partial charge in [0.05, 0.1) is 6.20 Å². The van der Waals surface area contributed by atoms with E-state index in [-0.39, 0.29) is 29.5 Å². The minimum absolute atomic E-state index is 0.00865. The molecular formula is C27H28FN5O. The van der Waals surface area contributed by atoms with E-state index >= 15 is 0 Å². The summed E-state index contributed by atoms with van der Waals surface area (Å²) < 4.78 is 14.5. The fourth-order valence-electron chi connectivity index (χ4n) is 7.08. The van der Waals surface area contributed by atoms with Crippen molar-refractivity contribution in [1.29, 1.82) is 0 Å². The van der Waals surface area contributed by atoms with Gasteiger partial charge >= 0.3 is 0 Å². The smallest absolute Gasteiger partial charge is 0.229 e. The van der Waals surface area contributed by atoms with Gasteiger partial charge in [-0.3, -0.25) is 9.89 Å². The van der Waals surface area contributed by atoms with Crippen LogP contribution < -0.4 is 5.32 Å². The van der Waals surface area contributed by atoms with Crippen LogP contribution in [-0.4, -0.2) is 26.3 Å². The first-order valence-electron chi connectivity index (χ1n) is 12.1. The second-order valence-corrected chi connectivity index (χ2v) is 10.1. The number of amides is 1. The normalized spacial score (nSPS) is 29.2. The standard InChI is InChI=1S/C27H28FN5O/c1-27-13-12-17-16-5-2-7-22(28)18(16)10-11-20(17)25(27)19(21-15-30-33-26(21)27)6-3-9-24(34)31-23-8-4-14-29-32-23/h2-8,14-15,17,19-20,25H,9-13H2,1H3,(H,30,33)(H,31,32,34)/b6-3-/t17?,19-,20?,25?,27+/m1/s1. The van der Waals surface area contributed by atoms with Gasteiger partial charge in [0, 0.05) is 35.2 Å². The van der Waals surface area contributed by atoms with E-state index in [1.54, 1.807) is 24.4 Å². The molecule has 7 heteroatoms. The number of benzene rings is 1. The molecule has 34 heavy (non-hydrogen) atoms. The van der Waals surface area contributed by atoms with Gasteiger partial charge in [-0.15, -0.1) is 5.10 Å². The summed E-state index contributed by atoms with van der Waals surface area (Å²) in [6.07, 6.45) is 11.9. The van der Waals surface area contributed by atoms with Crippen molar-refractivity contribution in [3.8, 4) is 0 Å². The average Bonchev–Trinajstić information content (AvgIpc) is 3.41. The molecule has 2 heterocycles. The first kappa shape index (κ1) is 21.2. The Hall–Kier alpha value is -3.35. The molecule has 6 nitrogen and oxygen atoms in total. The fourth-order valence-corrected chi connectivity index (χ4v) is 7.08. The molecule has 0 bridgehead atoms. The molecule has 6 rings (SSSR count). The number of rotatable bonds is 4. The third-order valence-corrected chi connectivity index (χ3v) is 8.44. The van der Waals surface area contributed by atoms with Crippen molar-refractivity contribution in [2.24, 2.45) is 11.8 Å². The van der Waals surface area contributed by atoms with Crippen molar-refractivity contribution in [2.45, 2.75) is 56.3 Å². The Bertz CT molecular complexity index is 1250. The van der Waals surface area contributed by atoms with E-state index in [0.717, 1.165) is 31.2 Å². The van der Waals surface area contributed by atoms with Crippen molar-refractivity contribution >= 4 is 11.7 Å². The lowest BCUT2D eigenvalue weighted by Gasteiger charge is -2.50. The van der Waals surface area contributed by atoms with Crippen LogP contribution in [0.4, 0.5) is 10.2 Å². The highest BCUT2D eigenvalue weighted by Gasteiger charge is 2.57. The van der Waals surface area contributed by atoms with Crippen LogP contribution in [-0.2, 0) is 16.6 Å². The molecule has 2 N–H and O–H groups in total. The van der Waals surface area contributed by atoms with Crippen LogP contribution in [0.1, 0.15) is 66.8 Å². The molecular weight excluding hydrogens is 429 g/mol. The van der Waals surface area contributed by atoms with Crippen LogP contribution in [0.25, 0.3) is 0 Å². The summed E-state index contributed by atoms with van der Waals surface area (Å²) in [5.74, 6) is 1.71. The molecule has 0 aliphatic heterocycles. The minimum atomic E-state index is -0.117. The van der Waals surface area contributed by atoms with Gasteiger partial charge in [-0.05, 0) is 72.8 Å². The van der Waals surface area contributed by atoms with Gasteiger partial charge in [-0.1, -0.05) is 31.2 Å². The molecule has 1 fully saturated rings. The number of anilines is 1. The summed E-state index contributed by atoms with van der Waals surface area (Å²) >= 11 is 0. The van der Waals surface area contributed by atoms with Crippen LogP contribution in [0.15, 0.2) is 54.9 Å². The maximum atomic E-state index is 14.5. The zero-order chi connectivity index (χ0) is 23.3. The van der Waals surface area contributed by atoms with Gasteiger partial charge in [-0.2, -0.15) is 10.2 Å². The highest BCUT2D eigenvalue weighted by atomic mass is 19.1. The van der Waals surface area contributed by atoms with Crippen LogP contribution in [0.5, 0.6) is 0 Å². The number of aromatic amines is 1. The number of nitrogens with one attached hydrogen (secondary N) is 2. The Balaban J connectivity index is 1.28. The second-order valence-electron chi connectivity index (χ2n) is 10.1. The van der Waals surface area contributed by atoms with Crippen molar-refractivity contribution in [1.82, 2.24) is 20.4 Å². The Kier molecular flexibility index (Phi) is 5.08. The number of nitrogens with zero attached hydrogens (tertiary/aromatic N) is 3. The molecule has 0 radical (unpaired) electrons. The van der Waals surface area contributed by atoms with E-state index < -0.39 is 0 Å². The lowest BCUT2D eigenvalue weighted by atomic mass is 9.54. The summed E-state index contributed by atoms with van der Waals surface area (Å²) in [6.45, 7) is 2.36. The van der Waals surface area contributed by atoms with Gasteiger partial charge in [-0.25, -0.2) is 4.39 Å². The van der Waals surface area contributed by atoms with E-state index in [4.69, 9.17) is 0 Å². The van der Waals surface area contributed by atoms with E-state index in [1.807, 2.05) is 18.3 Å². The number of hydrogen-bond acceptors (Lipinski definition) is 4. The maximum Gasteiger partial charge on any atom is 0.229 e. The van der Waals surface area contributed by atoms with Crippen LogP contribution in [0.2, 0.25) is 0 Å². The Morgan fingerprint density at radius 3 is 3.03 bits per heavy atom. The summed E-state index contributed by atoms with van der Waals surface area (Å²) in [5, 5.41) is 18.2. The first-order valence-corrected chi connectivity index (χ1v) is 12.1. The van der Waals surface area contributed by atoms with Crippen molar-refractivity contribution in [3.63, 3.8) is 0 Å². The lowest BCUT2D eigenvalue weighted by molar-refractivity contribution is -0.115. The minimum Gasteiger partial charge on any atom is -0.309 e. The van der Waals surface area contributed by atoms with Crippen molar-refractivity contribution in [3.05, 3.63) is 83.1 Å². The third-order valence-electron chi connectivity index (χ3n) is 8.44. The number of allylic oxidation sites excluding steroid dienone is 1. The summed E-state index contributed by atoms with van der Waals surface area (Å²) in [4.78, 5) is 12.4. The molecule has 1 saturated carbocycles. The average molecular weight is 458 g/mol. The number of H-pyrrole nitrogens is 1. The molecule has 174 valence electrons. The van der Waals surface area contributed by atoms with Crippen LogP contribution in [0, 0.1) is 17.7 Å². The Morgan fingerprint density at radius 2 is 2.18 bits per heavy atom. The molecule has 2 aromatic heterocycles. The molecule has 0 saturated heterocycles. The number of carbonyl (C=O) groups excluding carboxylic acids is 1. The van der Waals surface area contributed by atoms with E-state index in [9.17, 15) is 9.18 Å². The number of aromatic nitrogens is 4. The molecule has 3 unspecified atom stereocenters. The second kappa shape index (κ2) is 8.15. The quantitative estimate of drug-likeness (QED) is 0.538. The van der Waals surface area contributed by atoms with Gasteiger partial charge < -0.3 is 5.32 Å². The van der Waals surface area contributed by atoms with E-state index in [0.29, 0.717) is 23.6 Å². The lowest BCUT2D eigenvalue weighted by Crippen LogP contribution is -2.44. The number of fused-ring (bicyclic) bond motifs is 7. The zero-order valence-electron chi connectivity index (χ0n) is 19.2. The Morgan fingerprint density at radius 1 is 1.26 bits per heavy atom. The zero-order valence-corrected chi connectivity index (χ0v) is 19.2. The monoisotopic (exact) mass is 457 g/mol. The predicted octanol–water partition coefficient (Wildman–Crippen LogP) is 5.03. The maximum absolute atomic E-state index is 14.5. The third kappa shape index (κ3) is 3.29. The van der Waals surface area contributed by atoms with E-state index in [1.165, 1.54) is 16.8 Å². The molecule has 3 aliphatic rings. The Labute approximate surface area is 198 Å². The fraction of sp³-hybridized carbons (Fsp3) is 0.407. The number of hydrogen-bond donors (Lipinski definition) is 2. The first-order chi connectivity index (χ1) is 16.6. The highest BCUT2D eigenvalue weighted by Crippen LogP contribution is 2.64. The molecule has 3 aliphatic carbocycles. The summed E-state index contributed by atoms with van der Waals surface area (Å²) in [7, 11) is 0. The largest absolute Gasteiger partial charge is 0.309 e. The van der Waals surface area contributed by atoms with Crippen LogP contribution in [0.3, 0.4) is 0 Å². The van der Waals surface area contributed by atoms with E-state index in [2.05, 4.69) is 44.8 Å². The summed E-state index contributed by atoms with van der Waals surface area (Å²) in [6, 6.07) is 9.05. The summed E-state index contributed by atoms with van der Waals surface area (Å²) in [5.41, 5.74) is 4.61. The molecule has 5 atom stereocenters. The van der Waals surface area contributed by atoms with Gasteiger partial charge in [0.25, 0.3) is 0 Å². The topological polar surface area (TPSA) is 83.6 Å². The number of carbonyl (C=O) groups is 1. The van der Waals surface area contributed by atoms with Crippen molar-refractivity contribution < 1.29 is 9.18 Å². The van der Waals surface area contributed by atoms with Crippen LogP contribution >= 0.6 is 0 Å². The molecule has 3 aromatic rings. The molecule has 1 amide bonds. The molecule has 0 spiro atoms. The van der Waals surface area contributed by atoms with Gasteiger partial charge in [0.1, 0.15) is 5.82 Å². The highest BCUT2D eigenvalue weighted by molar-refractivity contribution is 5.90. The van der Waals surface area contributed by atoms with Crippen molar-refractivity contribution in [2.75, 3.05) is 5.32 Å². The predicted molar refractivity (Wildman–Crippen MR) is 127 cm³/mol. The SMILES string of the molecule is C[C@]12CCC3c4cccc(F)c4CCC3C1[C@H](/C=C\CC(=O)Nc1cccnn1)c1cn[nH]c12. The van der Waals surface area contributed by atoms with Gasteiger partial charge in [0.2, 0.25) is 5.91 Å². The number of halogens is 1. The molecule has 1 aromatic carbocycles. The van der Waals surface area contributed by atoms with Gasteiger partial charge in [0.15, 0.2) is 5.82 Å².